The highest BCUT2D eigenvalue weighted by Gasteiger charge is 2.95. The Hall–Kier alpha value is -1.04. The van der Waals surface area contributed by atoms with E-state index in [1.54, 1.807) is 13.8 Å². The third-order valence-corrected chi connectivity index (χ3v) is 8.53. The Morgan fingerprint density at radius 3 is 1.07 bits per heavy atom. The molecule has 0 rings (SSSR count). The molecule has 0 aromatic rings. The van der Waals surface area contributed by atoms with E-state index in [2.05, 4.69) is 0 Å². The molecule has 0 bridgehead atoms. The van der Waals surface area contributed by atoms with Crippen molar-refractivity contribution in [2.24, 2.45) is 0 Å². The van der Waals surface area contributed by atoms with Gasteiger partial charge in [0.05, 0.1) is 19.4 Å². The maximum absolute atomic E-state index is 13.9. The van der Waals surface area contributed by atoms with Crippen LogP contribution in [-0.2, 0) is 13.6 Å². The van der Waals surface area contributed by atoms with Crippen molar-refractivity contribution >= 4 is 7.60 Å². The molecule has 0 aliphatic carbocycles. The number of rotatable bonds is 22. The largest absolute Gasteiger partial charge is 0.460 e. The summed E-state index contributed by atoms with van der Waals surface area (Å²) in [4.78, 5) is 0. The van der Waals surface area contributed by atoms with Gasteiger partial charge >= 0.3 is 55.2 Å². The minimum Gasteiger partial charge on any atom is -0.309 e. The lowest BCUT2D eigenvalue weighted by atomic mass is 9.87. The summed E-state index contributed by atoms with van der Waals surface area (Å²) in [5, 5.41) is 0. The Bertz CT molecular complexity index is 912. The van der Waals surface area contributed by atoms with Crippen molar-refractivity contribution in [2.75, 3.05) is 19.4 Å². The predicted molar refractivity (Wildman–Crippen MR) is 123 cm³/mol. The molecule has 3 nitrogen and oxygen atoms in total. The zero-order valence-corrected chi connectivity index (χ0v) is 24.2. The van der Waals surface area contributed by atoms with E-state index in [-0.39, 0.29) is 32.2 Å². The van der Waals surface area contributed by atoms with Crippen LogP contribution in [-0.4, -0.2) is 67.0 Å². The highest BCUT2D eigenvalue weighted by atomic mass is 31.2. The molecule has 0 saturated heterocycles. The van der Waals surface area contributed by atoms with Gasteiger partial charge in [0.1, 0.15) is 0 Å². The van der Waals surface area contributed by atoms with Crippen molar-refractivity contribution in [1.29, 1.82) is 0 Å². The van der Waals surface area contributed by atoms with E-state index in [0.29, 0.717) is 32.1 Å². The molecule has 0 fully saturated rings. The van der Waals surface area contributed by atoms with Crippen molar-refractivity contribution in [1.82, 2.24) is 0 Å². The maximum atomic E-state index is 13.9. The molecular formula is C23H32F17O3P. The van der Waals surface area contributed by atoms with Gasteiger partial charge in [0.25, 0.3) is 0 Å². The van der Waals surface area contributed by atoms with E-state index < -0.39 is 74.5 Å². The summed E-state index contributed by atoms with van der Waals surface area (Å²) in [6.45, 7) is 3.62. The first-order valence-electron chi connectivity index (χ1n) is 13.2. The van der Waals surface area contributed by atoms with Crippen LogP contribution in [0, 0.1) is 0 Å². The van der Waals surface area contributed by atoms with Crippen LogP contribution >= 0.6 is 7.60 Å². The Labute approximate surface area is 241 Å². The normalized spacial score (nSPS) is 15.2. The van der Waals surface area contributed by atoms with Crippen LogP contribution in [0.3, 0.4) is 0 Å². The molecule has 0 N–H and O–H groups in total. The standard InChI is InChI=1S/C23H32F17O3P/c1-3-42-44(41,43-4-2)15-13-11-9-7-5-6-8-10-12-14-16(24,25)17(26,27)18(28,29)19(30,31)20(32,33)21(34,35)22(36,37)23(38,39)40/h3-15H2,1-2H3. The summed E-state index contributed by atoms with van der Waals surface area (Å²) in [7, 11) is -3.21. The Balaban J connectivity index is 5.10. The van der Waals surface area contributed by atoms with Crippen LogP contribution in [0.25, 0.3) is 0 Å². The van der Waals surface area contributed by atoms with Gasteiger partial charge in [0, 0.05) is 6.42 Å². The van der Waals surface area contributed by atoms with Crippen molar-refractivity contribution < 1.29 is 88.2 Å². The minimum absolute atomic E-state index is 0.00883. The summed E-state index contributed by atoms with van der Waals surface area (Å²) < 4.78 is 248. The van der Waals surface area contributed by atoms with Crippen LogP contribution < -0.4 is 0 Å². The minimum atomic E-state index is -8.60. The first-order valence-corrected chi connectivity index (χ1v) is 14.9. The first kappa shape index (κ1) is 43.0. The topological polar surface area (TPSA) is 35.5 Å². The molecular weight excluding hydrogens is 678 g/mol. The van der Waals surface area contributed by atoms with Crippen molar-refractivity contribution in [3.63, 3.8) is 0 Å². The maximum Gasteiger partial charge on any atom is 0.460 e. The lowest BCUT2D eigenvalue weighted by molar-refractivity contribution is -0.461. The van der Waals surface area contributed by atoms with Crippen molar-refractivity contribution in [2.45, 2.75) is 126 Å². The van der Waals surface area contributed by atoms with Gasteiger partial charge in [-0.25, -0.2) is 0 Å². The van der Waals surface area contributed by atoms with Gasteiger partial charge < -0.3 is 9.05 Å². The van der Waals surface area contributed by atoms with Gasteiger partial charge in [-0.15, -0.1) is 0 Å². The summed E-state index contributed by atoms with van der Waals surface area (Å²) in [6, 6.07) is 0. The number of alkyl halides is 17. The molecule has 0 saturated carbocycles. The molecule has 0 unspecified atom stereocenters. The molecule has 44 heavy (non-hydrogen) atoms. The molecule has 0 atom stereocenters. The second-order valence-electron chi connectivity index (χ2n) is 9.75. The predicted octanol–water partition coefficient (Wildman–Crippen LogP) is 11.2. The molecule has 0 heterocycles. The van der Waals surface area contributed by atoms with Crippen LogP contribution in [0.1, 0.15) is 78.1 Å². The Kier molecular flexibility index (Phi) is 14.9. The fourth-order valence-electron chi connectivity index (χ4n) is 3.80. The van der Waals surface area contributed by atoms with Crippen LogP contribution in [0.4, 0.5) is 74.6 Å². The Morgan fingerprint density at radius 1 is 0.432 bits per heavy atom. The van der Waals surface area contributed by atoms with Gasteiger partial charge in [-0.2, -0.15) is 74.6 Å². The average molecular weight is 710 g/mol. The summed E-state index contributed by atoms with van der Waals surface area (Å²) in [5.74, 6) is -56.0. The van der Waals surface area contributed by atoms with Gasteiger partial charge in [-0.3, -0.25) is 4.57 Å². The van der Waals surface area contributed by atoms with Gasteiger partial charge in [0.2, 0.25) is 0 Å². The fraction of sp³-hybridized carbons (Fsp3) is 1.00. The van der Waals surface area contributed by atoms with Crippen molar-refractivity contribution in [3.8, 4) is 0 Å². The van der Waals surface area contributed by atoms with E-state index in [0.717, 1.165) is 0 Å². The molecule has 0 aliphatic rings. The number of hydrogen-bond acceptors (Lipinski definition) is 3. The third-order valence-electron chi connectivity index (χ3n) is 6.36. The van der Waals surface area contributed by atoms with E-state index in [9.17, 15) is 79.2 Å². The van der Waals surface area contributed by atoms with Crippen LogP contribution in [0.5, 0.6) is 0 Å². The molecule has 266 valence electrons. The fourth-order valence-corrected chi connectivity index (χ4v) is 5.53. The average Bonchev–Trinajstić information content (AvgIpc) is 2.86. The summed E-state index contributed by atoms with van der Waals surface area (Å²) in [6.07, 6.45) is -8.49. The second kappa shape index (κ2) is 15.2. The molecule has 21 heteroatoms. The molecule has 0 spiro atoms. The van der Waals surface area contributed by atoms with Gasteiger partial charge in [-0.05, 0) is 26.7 Å². The Morgan fingerprint density at radius 2 is 0.727 bits per heavy atom. The highest BCUT2D eigenvalue weighted by molar-refractivity contribution is 7.53. The molecule has 0 aliphatic heterocycles. The van der Waals surface area contributed by atoms with E-state index in [1.807, 2.05) is 0 Å². The molecule has 0 aromatic carbocycles. The van der Waals surface area contributed by atoms with Gasteiger partial charge in [-0.1, -0.05) is 44.9 Å². The van der Waals surface area contributed by atoms with E-state index in [1.165, 1.54) is 0 Å². The number of hydrogen-bond donors (Lipinski definition) is 0. The van der Waals surface area contributed by atoms with Crippen molar-refractivity contribution in [3.05, 3.63) is 0 Å². The second-order valence-corrected chi connectivity index (χ2v) is 11.9. The summed E-state index contributed by atoms with van der Waals surface area (Å²) in [5.41, 5.74) is 0. The van der Waals surface area contributed by atoms with E-state index >= 15 is 0 Å². The lowest BCUT2D eigenvalue weighted by Crippen LogP contribution is -2.74. The van der Waals surface area contributed by atoms with Gasteiger partial charge in [0.15, 0.2) is 0 Å². The van der Waals surface area contributed by atoms with E-state index in [4.69, 9.17) is 9.05 Å². The monoisotopic (exact) mass is 710 g/mol. The quantitative estimate of drug-likeness (QED) is 0.0638. The smallest absolute Gasteiger partial charge is 0.309 e. The SMILES string of the molecule is CCOP(=O)(CCCCCCCCCCCC(F)(F)C(F)(F)C(F)(F)C(F)(F)C(F)(F)C(F)(F)C(F)(F)C(F)(F)F)OCC. The zero-order valence-electron chi connectivity index (χ0n) is 23.3. The lowest BCUT2D eigenvalue weighted by Gasteiger charge is -2.42. The molecule has 0 aromatic heterocycles. The number of unbranched alkanes of at least 4 members (excludes halogenated alkanes) is 8. The first-order chi connectivity index (χ1) is 19.6. The summed E-state index contributed by atoms with van der Waals surface area (Å²) >= 11 is 0. The number of halogens is 17. The molecule has 0 radical (unpaired) electrons. The zero-order chi connectivity index (χ0) is 35.1. The third kappa shape index (κ3) is 8.85. The van der Waals surface area contributed by atoms with Crippen LogP contribution in [0.2, 0.25) is 0 Å². The molecule has 0 amide bonds. The highest BCUT2D eigenvalue weighted by Crippen LogP contribution is 2.64. The van der Waals surface area contributed by atoms with Crippen LogP contribution in [0.15, 0.2) is 0 Å².